The van der Waals surface area contributed by atoms with Gasteiger partial charge in [0.15, 0.2) is 0 Å². The normalized spacial score (nSPS) is 14.4. The molecule has 4 nitrogen and oxygen atoms in total. The van der Waals surface area contributed by atoms with E-state index >= 15 is 0 Å². The lowest BCUT2D eigenvalue weighted by molar-refractivity contribution is 0.271. The van der Waals surface area contributed by atoms with Gasteiger partial charge >= 0.3 is 0 Å². The molecule has 0 fully saturated rings. The second kappa shape index (κ2) is 7.26. The maximum atomic E-state index is 4.71. The summed E-state index contributed by atoms with van der Waals surface area (Å²) in [5, 5.41) is 3.58. The monoisotopic (exact) mass is 344 g/mol. The fourth-order valence-corrected chi connectivity index (χ4v) is 3.51. The van der Waals surface area contributed by atoms with Crippen molar-refractivity contribution < 1.29 is 0 Å². The Bertz CT molecular complexity index is 920. The number of fused-ring (bicyclic) bond motifs is 1. The molecule has 0 bridgehead atoms. The maximum Gasteiger partial charge on any atom is 0.0723 e. The van der Waals surface area contributed by atoms with Gasteiger partial charge in [0.2, 0.25) is 0 Å². The molecule has 1 aliphatic rings. The van der Waals surface area contributed by atoms with E-state index in [1.807, 2.05) is 25.4 Å². The Morgan fingerprint density at radius 2 is 2.00 bits per heavy atom. The van der Waals surface area contributed by atoms with Crippen LogP contribution in [0.3, 0.4) is 0 Å². The molecule has 1 aromatic carbocycles. The van der Waals surface area contributed by atoms with Crippen LogP contribution in [0.25, 0.3) is 11.3 Å². The van der Waals surface area contributed by atoms with Gasteiger partial charge in [-0.15, -0.1) is 0 Å². The molecule has 3 heterocycles. The number of nitrogens with one attached hydrogen (secondary N) is 1. The standard InChI is InChI=1S/C22H24N4/c1-16-4-3-5-18(10-16)14-26-9-8-24-22-12-21(25-13-20(22)15-26)19-6-7-23-17(2)11-19/h3-7,10-13,24H,8-9,14-15H2,1-2H3. The van der Waals surface area contributed by atoms with E-state index in [-0.39, 0.29) is 0 Å². The van der Waals surface area contributed by atoms with Gasteiger partial charge in [0.25, 0.3) is 0 Å². The van der Waals surface area contributed by atoms with E-state index in [9.17, 15) is 0 Å². The molecule has 0 amide bonds. The summed E-state index contributed by atoms with van der Waals surface area (Å²) in [6.45, 7) is 8.00. The van der Waals surface area contributed by atoms with Crippen molar-refractivity contribution in [2.75, 3.05) is 18.4 Å². The first-order valence-electron chi connectivity index (χ1n) is 9.11. The van der Waals surface area contributed by atoms with Crippen LogP contribution in [0.2, 0.25) is 0 Å². The minimum absolute atomic E-state index is 0.916. The van der Waals surface area contributed by atoms with Gasteiger partial charge in [-0.3, -0.25) is 14.9 Å². The smallest absolute Gasteiger partial charge is 0.0723 e. The molecule has 0 radical (unpaired) electrons. The molecule has 0 saturated heterocycles. The Balaban J connectivity index is 1.56. The van der Waals surface area contributed by atoms with E-state index in [1.165, 1.54) is 22.4 Å². The highest BCUT2D eigenvalue weighted by molar-refractivity contribution is 5.66. The van der Waals surface area contributed by atoms with Gasteiger partial charge < -0.3 is 5.32 Å². The van der Waals surface area contributed by atoms with Crippen molar-refractivity contribution in [2.45, 2.75) is 26.9 Å². The van der Waals surface area contributed by atoms with Crippen LogP contribution in [0.5, 0.6) is 0 Å². The summed E-state index contributed by atoms with van der Waals surface area (Å²) >= 11 is 0. The highest BCUT2D eigenvalue weighted by Crippen LogP contribution is 2.26. The third-order valence-corrected chi connectivity index (χ3v) is 4.80. The van der Waals surface area contributed by atoms with Gasteiger partial charge in [0.05, 0.1) is 5.69 Å². The van der Waals surface area contributed by atoms with Crippen molar-refractivity contribution in [2.24, 2.45) is 0 Å². The Hall–Kier alpha value is -2.72. The van der Waals surface area contributed by atoms with Crippen molar-refractivity contribution in [3.63, 3.8) is 0 Å². The summed E-state index contributed by atoms with van der Waals surface area (Å²) in [5.74, 6) is 0. The molecule has 132 valence electrons. The molecule has 0 spiro atoms. The number of hydrogen-bond acceptors (Lipinski definition) is 4. The molecular formula is C22H24N4. The summed E-state index contributed by atoms with van der Waals surface area (Å²) in [7, 11) is 0. The van der Waals surface area contributed by atoms with Gasteiger partial charge in [-0.05, 0) is 37.6 Å². The van der Waals surface area contributed by atoms with Gasteiger partial charge in [-0.2, -0.15) is 0 Å². The maximum absolute atomic E-state index is 4.71. The van der Waals surface area contributed by atoms with E-state index in [0.717, 1.165) is 43.1 Å². The Morgan fingerprint density at radius 1 is 1.08 bits per heavy atom. The molecule has 0 saturated carbocycles. The summed E-state index contributed by atoms with van der Waals surface area (Å²) in [5.41, 5.74) is 8.24. The number of benzene rings is 1. The first kappa shape index (κ1) is 16.7. The number of anilines is 1. The molecule has 4 heteroatoms. The molecule has 0 unspecified atom stereocenters. The quantitative estimate of drug-likeness (QED) is 0.773. The third-order valence-electron chi connectivity index (χ3n) is 4.80. The van der Waals surface area contributed by atoms with E-state index in [1.54, 1.807) is 0 Å². The van der Waals surface area contributed by atoms with Crippen LogP contribution in [0, 0.1) is 13.8 Å². The molecule has 0 atom stereocenters. The lowest BCUT2D eigenvalue weighted by Gasteiger charge is -2.20. The predicted molar refractivity (Wildman–Crippen MR) is 106 cm³/mol. The molecule has 0 aliphatic carbocycles. The van der Waals surface area contributed by atoms with Crippen molar-refractivity contribution in [1.29, 1.82) is 0 Å². The second-order valence-electron chi connectivity index (χ2n) is 7.04. The zero-order chi connectivity index (χ0) is 17.9. The summed E-state index contributed by atoms with van der Waals surface area (Å²) in [6.07, 6.45) is 3.86. The van der Waals surface area contributed by atoms with Crippen LogP contribution in [0.15, 0.2) is 54.9 Å². The van der Waals surface area contributed by atoms with Gasteiger partial charge in [0, 0.05) is 61.1 Å². The van der Waals surface area contributed by atoms with E-state index in [0.29, 0.717) is 0 Å². The Kier molecular flexibility index (Phi) is 4.67. The lowest BCUT2D eigenvalue weighted by Crippen LogP contribution is -2.25. The number of aryl methyl sites for hydroxylation is 2. The first-order valence-corrected chi connectivity index (χ1v) is 9.11. The van der Waals surface area contributed by atoms with E-state index in [2.05, 4.69) is 58.5 Å². The van der Waals surface area contributed by atoms with Crippen LogP contribution >= 0.6 is 0 Å². The molecule has 3 aromatic rings. The van der Waals surface area contributed by atoms with Crippen LogP contribution in [-0.2, 0) is 13.1 Å². The average molecular weight is 344 g/mol. The van der Waals surface area contributed by atoms with E-state index < -0.39 is 0 Å². The fourth-order valence-electron chi connectivity index (χ4n) is 3.51. The molecule has 4 rings (SSSR count). The van der Waals surface area contributed by atoms with Crippen LogP contribution in [0.4, 0.5) is 5.69 Å². The summed E-state index contributed by atoms with van der Waals surface area (Å²) in [6, 6.07) is 15.0. The Labute approximate surface area is 154 Å². The van der Waals surface area contributed by atoms with Crippen molar-refractivity contribution in [3.05, 3.63) is 77.2 Å². The van der Waals surface area contributed by atoms with Crippen molar-refractivity contribution >= 4 is 5.69 Å². The van der Waals surface area contributed by atoms with E-state index in [4.69, 9.17) is 4.98 Å². The van der Waals surface area contributed by atoms with Crippen LogP contribution in [-0.4, -0.2) is 28.0 Å². The Morgan fingerprint density at radius 3 is 2.85 bits per heavy atom. The minimum atomic E-state index is 0.916. The first-order chi connectivity index (χ1) is 12.7. The summed E-state index contributed by atoms with van der Waals surface area (Å²) < 4.78 is 0. The number of rotatable bonds is 3. The lowest BCUT2D eigenvalue weighted by atomic mass is 10.1. The minimum Gasteiger partial charge on any atom is -0.383 e. The van der Waals surface area contributed by atoms with Gasteiger partial charge in [-0.25, -0.2) is 0 Å². The number of hydrogen-bond donors (Lipinski definition) is 1. The van der Waals surface area contributed by atoms with Crippen molar-refractivity contribution in [3.8, 4) is 11.3 Å². The van der Waals surface area contributed by atoms with Crippen LogP contribution in [0.1, 0.15) is 22.4 Å². The molecule has 2 aromatic heterocycles. The zero-order valence-electron chi connectivity index (χ0n) is 15.4. The zero-order valence-corrected chi connectivity index (χ0v) is 15.4. The fraction of sp³-hybridized carbons (Fsp3) is 0.273. The number of aromatic nitrogens is 2. The average Bonchev–Trinajstić information content (AvgIpc) is 2.82. The number of pyridine rings is 2. The van der Waals surface area contributed by atoms with Gasteiger partial charge in [0.1, 0.15) is 0 Å². The predicted octanol–water partition coefficient (Wildman–Crippen LogP) is 4.19. The second-order valence-corrected chi connectivity index (χ2v) is 7.04. The van der Waals surface area contributed by atoms with Crippen LogP contribution < -0.4 is 5.32 Å². The highest BCUT2D eigenvalue weighted by atomic mass is 15.2. The summed E-state index contributed by atoms with van der Waals surface area (Å²) in [4.78, 5) is 11.5. The van der Waals surface area contributed by atoms with Gasteiger partial charge in [-0.1, -0.05) is 29.8 Å². The molecule has 1 aliphatic heterocycles. The molecule has 26 heavy (non-hydrogen) atoms. The highest BCUT2D eigenvalue weighted by Gasteiger charge is 2.16. The van der Waals surface area contributed by atoms with Crippen molar-refractivity contribution in [1.82, 2.24) is 14.9 Å². The SMILES string of the molecule is Cc1cccc(CN2CCNc3cc(-c4ccnc(C)c4)ncc3C2)c1. The third kappa shape index (κ3) is 3.75. The molecule has 1 N–H and O–H groups in total. The largest absolute Gasteiger partial charge is 0.383 e. The topological polar surface area (TPSA) is 41.0 Å². The molecular weight excluding hydrogens is 320 g/mol. The number of nitrogens with zero attached hydrogens (tertiary/aromatic N) is 3.